The Kier molecular flexibility index (Phi) is 11.9. The van der Waals surface area contributed by atoms with Gasteiger partial charge in [-0.05, 0) is 36.0 Å². The molecule has 11 nitrogen and oxygen atoms in total. The minimum absolute atomic E-state index is 0.0544. The number of fused-ring (bicyclic) bond motifs is 1. The number of benzene rings is 1. The number of thioether (sulfide) groups is 1. The van der Waals surface area contributed by atoms with Crippen LogP contribution in [0.3, 0.4) is 0 Å². The number of hydrogen-bond donors (Lipinski definition) is 7. The van der Waals surface area contributed by atoms with E-state index in [1.54, 1.807) is 13.1 Å². The second-order valence-electron chi connectivity index (χ2n) is 8.97. The average Bonchev–Trinajstić information content (AvgIpc) is 3.30. The number of rotatable bonds is 15. The molecular weight excluding hydrogens is 498 g/mol. The van der Waals surface area contributed by atoms with Gasteiger partial charge in [-0.3, -0.25) is 14.4 Å². The number of carbonyl (C=O) groups excluding carboxylic acids is 3. The van der Waals surface area contributed by atoms with Gasteiger partial charge in [0.15, 0.2) is 0 Å². The zero-order valence-electron chi connectivity index (χ0n) is 21.3. The van der Waals surface area contributed by atoms with Crippen LogP contribution in [-0.2, 0) is 25.6 Å². The number of H-pyrrole nitrogens is 1. The summed E-state index contributed by atoms with van der Waals surface area (Å²) in [4.78, 5) is 53.7. The average molecular weight is 536 g/mol. The Hall–Kier alpha value is -3.09. The first-order chi connectivity index (χ1) is 17.6. The fraction of sp³-hybridized carbons (Fsp3) is 0.520. The molecule has 0 aliphatic carbocycles. The second kappa shape index (κ2) is 14.6. The van der Waals surface area contributed by atoms with Gasteiger partial charge in [-0.25, -0.2) is 4.79 Å². The molecule has 0 aliphatic heterocycles. The molecular formula is C25H37N5O6S. The molecule has 12 heteroatoms. The molecule has 3 amide bonds. The molecule has 5 unspecified atom stereocenters. The number of carboxylic acids is 1. The van der Waals surface area contributed by atoms with Crippen molar-refractivity contribution in [3.8, 4) is 0 Å². The SMILES string of the molecule is CCC(C)C(NC(=O)C(N)CO)C(=O)NC(CCSC)C(=O)NC(Cc1c[nH]c2ccccc12)C(=O)O. The van der Waals surface area contributed by atoms with E-state index in [1.807, 2.05) is 37.4 Å². The zero-order valence-corrected chi connectivity index (χ0v) is 22.1. The van der Waals surface area contributed by atoms with E-state index in [1.165, 1.54) is 11.8 Å². The molecule has 0 spiro atoms. The maximum Gasteiger partial charge on any atom is 0.326 e. The van der Waals surface area contributed by atoms with Crippen molar-refractivity contribution >= 4 is 46.4 Å². The molecule has 2 rings (SSSR count). The number of aliphatic carboxylic acids is 1. The summed E-state index contributed by atoms with van der Waals surface area (Å²) in [6.07, 6.45) is 4.44. The monoisotopic (exact) mass is 535 g/mol. The van der Waals surface area contributed by atoms with Crippen molar-refractivity contribution in [2.75, 3.05) is 18.6 Å². The lowest BCUT2D eigenvalue weighted by Gasteiger charge is -2.27. The normalized spacial score (nSPS) is 15.3. The molecule has 0 saturated heterocycles. The summed E-state index contributed by atoms with van der Waals surface area (Å²) in [7, 11) is 0. The van der Waals surface area contributed by atoms with Crippen LogP contribution in [0.4, 0.5) is 0 Å². The van der Waals surface area contributed by atoms with Crippen LogP contribution in [0.15, 0.2) is 30.5 Å². The minimum atomic E-state index is -1.21. The van der Waals surface area contributed by atoms with Gasteiger partial charge in [0.1, 0.15) is 24.2 Å². The molecule has 5 atom stereocenters. The van der Waals surface area contributed by atoms with Crippen LogP contribution in [0.1, 0.15) is 32.3 Å². The fourth-order valence-corrected chi connectivity index (χ4v) is 4.28. The molecule has 37 heavy (non-hydrogen) atoms. The molecule has 0 fully saturated rings. The van der Waals surface area contributed by atoms with Crippen molar-refractivity contribution in [2.45, 2.75) is 57.3 Å². The first-order valence-corrected chi connectivity index (χ1v) is 13.6. The number of aliphatic hydroxyl groups is 1. The highest BCUT2D eigenvalue weighted by Crippen LogP contribution is 2.19. The number of carboxylic acid groups (broad SMARTS) is 1. The Morgan fingerprint density at radius 2 is 1.73 bits per heavy atom. The quantitative estimate of drug-likeness (QED) is 0.170. The summed E-state index contributed by atoms with van der Waals surface area (Å²) in [6.45, 7) is 3.04. The fourth-order valence-electron chi connectivity index (χ4n) is 3.80. The van der Waals surface area contributed by atoms with Crippen LogP contribution >= 0.6 is 11.8 Å². The van der Waals surface area contributed by atoms with E-state index >= 15 is 0 Å². The van der Waals surface area contributed by atoms with Crippen molar-refractivity contribution in [1.29, 1.82) is 0 Å². The Morgan fingerprint density at radius 3 is 2.35 bits per heavy atom. The highest BCUT2D eigenvalue weighted by atomic mass is 32.2. The van der Waals surface area contributed by atoms with E-state index in [9.17, 15) is 24.3 Å². The lowest BCUT2D eigenvalue weighted by Crippen LogP contribution is -2.59. The maximum atomic E-state index is 13.2. The summed E-state index contributed by atoms with van der Waals surface area (Å²) >= 11 is 1.48. The number of carbonyl (C=O) groups is 4. The number of aromatic amines is 1. The van der Waals surface area contributed by atoms with Gasteiger partial charge >= 0.3 is 5.97 Å². The third-order valence-electron chi connectivity index (χ3n) is 6.28. The summed E-state index contributed by atoms with van der Waals surface area (Å²) in [5, 5.41) is 27.6. The van der Waals surface area contributed by atoms with Crippen LogP contribution in [0, 0.1) is 5.92 Å². The topological polar surface area (TPSA) is 187 Å². The number of aromatic nitrogens is 1. The van der Waals surface area contributed by atoms with E-state index in [2.05, 4.69) is 20.9 Å². The third-order valence-corrected chi connectivity index (χ3v) is 6.93. The van der Waals surface area contributed by atoms with E-state index in [0.29, 0.717) is 12.2 Å². The van der Waals surface area contributed by atoms with E-state index in [-0.39, 0.29) is 18.8 Å². The van der Waals surface area contributed by atoms with Crippen molar-refractivity contribution in [3.63, 3.8) is 0 Å². The molecule has 1 heterocycles. The van der Waals surface area contributed by atoms with Crippen LogP contribution < -0.4 is 21.7 Å². The van der Waals surface area contributed by atoms with Gasteiger partial charge in [-0.2, -0.15) is 11.8 Å². The van der Waals surface area contributed by atoms with Crippen molar-refractivity contribution in [2.24, 2.45) is 11.7 Å². The number of hydrogen-bond acceptors (Lipinski definition) is 7. The summed E-state index contributed by atoms with van der Waals surface area (Å²) in [5.41, 5.74) is 7.18. The van der Waals surface area contributed by atoms with Crippen molar-refractivity contribution in [3.05, 3.63) is 36.0 Å². The predicted octanol–water partition coefficient (Wildman–Crippen LogP) is 0.368. The summed E-state index contributed by atoms with van der Waals surface area (Å²) in [5.74, 6) is -2.84. The van der Waals surface area contributed by atoms with Crippen molar-refractivity contribution < 1.29 is 29.4 Å². The number of amides is 3. The number of aliphatic hydroxyl groups excluding tert-OH is 1. The minimum Gasteiger partial charge on any atom is -0.480 e. The van der Waals surface area contributed by atoms with E-state index in [0.717, 1.165) is 16.5 Å². The smallest absolute Gasteiger partial charge is 0.326 e. The standard InChI is InChI=1S/C25H37N5O6S/c1-4-14(2)21(30-22(32)17(26)13-31)24(34)28-19(9-10-37-3)23(33)29-20(25(35)36)11-15-12-27-18-8-6-5-7-16(15)18/h5-8,12,14,17,19-21,27,31H,4,9-11,13,26H2,1-3H3,(H,28,34)(H,29,33)(H,30,32)(H,35,36). The van der Waals surface area contributed by atoms with Crippen LogP contribution in [-0.4, -0.2) is 81.7 Å². The van der Waals surface area contributed by atoms with Gasteiger partial charge in [0.2, 0.25) is 17.7 Å². The van der Waals surface area contributed by atoms with Crippen molar-refractivity contribution in [1.82, 2.24) is 20.9 Å². The first-order valence-electron chi connectivity index (χ1n) is 12.2. The molecule has 1 aromatic carbocycles. The molecule has 0 saturated carbocycles. The predicted molar refractivity (Wildman–Crippen MR) is 143 cm³/mol. The lowest BCUT2D eigenvalue weighted by molar-refractivity contribution is -0.142. The Bertz CT molecular complexity index is 1080. The maximum absolute atomic E-state index is 13.2. The highest BCUT2D eigenvalue weighted by molar-refractivity contribution is 7.98. The molecule has 0 bridgehead atoms. The molecule has 2 aromatic rings. The van der Waals surface area contributed by atoms with Gasteiger partial charge in [0, 0.05) is 23.5 Å². The lowest BCUT2D eigenvalue weighted by atomic mass is 9.97. The molecule has 0 aliphatic rings. The highest BCUT2D eigenvalue weighted by Gasteiger charge is 2.32. The number of para-hydroxylation sites is 1. The number of nitrogens with one attached hydrogen (secondary N) is 4. The molecule has 0 radical (unpaired) electrons. The molecule has 8 N–H and O–H groups in total. The van der Waals surface area contributed by atoms with Crippen LogP contribution in [0.5, 0.6) is 0 Å². The Balaban J connectivity index is 2.18. The van der Waals surface area contributed by atoms with Crippen LogP contribution in [0.25, 0.3) is 10.9 Å². The summed E-state index contributed by atoms with van der Waals surface area (Å²) < 4.78 is 0. The Labute approximate surface area is 220 Å². The Morgan fingerprint density at radius 1 is 1.05 bits per heavy atom. The van der Waals surface area contributed by atoms with Gasteiger partial charge in [-0.1, -0.05) is 38.5 Å². The van der Waals surface area contributed by atoms with E-state index in [4.69, 9.17) is 10.8 Å². The number of nitrogens with two attached hydrogens (primary N) is 1. The molecule has 204 valence electrons. The van der Waals surface area contributed by atoms with E-state index < -0.39 is 54.5 Å². The zero-order chi connectivity index (χ0) is 27.5. The first kappa shape index (κ1) is 30.1. The third kappa shape index (κ3) is 8.48. The second-order valence-corrected chi connectivity index (χ2v) is 9.95. The largest absolute Gasteiger partial charge is 0.480 e. The molecule has 1 aromatic heterocycles. The van der Waals surface area contributed by atoms with Gasteiger partial charge in [0.25, 0.3) is 0 Å². The van der Waals surface area contributed by atoms with Gasteiger partial charge in [0.05, 0.1) is 6.61 Å². The van der Waals surface area contributed by atoms with Crippen LogP contribution in [0.2, 0.25) is 0 Å². The van der Waals surface area contributed by atoms with Gasteiger partial charge in [-0.15, -0.1) is 0 Å². The van der Waals surface area contributed by atoms with Gasteiger partial charge < -0.3 is 36.9 Å². The summed E-state index contributed by atoms with van der Waals surface area (Å²) in [6, 6.07) is 3.06.